The summed E-state index contributed by atoms with van der Waals surface area (Å²) < 4.78 is 1.81. The zero-order chi connectivity index (χ0) is 27.0. The van der Waals surface area contributed by atoms with Gasteiger partial charge in [0.2, 0.25) is 0 Å². The number of hydrogen-bond donors (Lipinski definition) is 0. The molecule has 0 aliphatic carbocycles. The van der Waals surface area contributed by atoms with E-state index in [1.165, 1.54) is 38.2 Å². The van der Waals surface area contributed by atoms with Crippen LogP contribution in [-0.2, 0) is 4.79 Å². The Morgan fingerprint density at radius 3 is 2.14 bits per heavy atom. The van der Waals surface area contributed by atoms with E-state index in [-0.39, 0.29) is 11.6 Å². The largest absolute Gasteiger partial charge is 0.301 e. The van der Waals surface area contributed by atoms with Gasteiger partial charge in [-0.2, -0.15) is 5.26 Å². The number of Topliss-reactive ketones (excluding diaryl/α,β-unsaturated/α-hetero) is 2. The van der Waals surface area contributed by atoms with E-state index in [0.717, 1.165) is 35.4 Å². The molecule has 1 rings (SSSR count). The Balaban J connectivity index is 0.000000662. The van der Waals surface area contributed by atoms with E-state index >= 15 is 0 Å². The number of carbonyl (C=O) groups excluding carboxylic acids is 2. The molecule has 5 nitrogen and oxygen atoms in total. The molecule has 0 unspecified atom stereocenters. The SMILES string of the molecule is C=C/C(=C\C(C#N)=C(C)C)C(CCC)CCC.CC(=O)CCC/C(C)=C/n1c(C(C)=O)cnc1C. The summed E-state index contributed by atoms with van der Waals surface area (Å²) in [7, 11) is 0. The molecule has 192 valence electrons. The number of ketones is 2. The van der Waals surface area contributed by atoms with Gasteiger partial charge in [0, 0.05) is 19.5 Å². The smallest absolute Gasteiger partial charge is 0.178 e. The number of allylic oxidation sites excluding steroid dienone is 6. The quantitative estimate of drug-likeness (QED) is 0.162. The Morgan fingerprint density at radius 1 is 1.11 bits per heavy atom. The van der Waals surface area contributed by atoms with E-state index in [0.29, 0.717) is 18.0 Å². The monoisotopic (exact) mass is 479 g/mol. The lowest BCUT2D eigenvalue weighted by Gasteiger charge is -2.16. The molecule has 0 N–H and O–H groups in total. The summed E-state index contributed by atoms with van der Waals surface area (Å²) in [6.45, 7) is 19.3. The van der Waals surface area contributed by atoms with E-state index in [4.69, 9.17) is 5.26 Å². The van der Waals surface area contributed by atoms with E-state index in [9.17, 15) is 9.59 Å². The summed E-state index contributed by atoms with van der Waals surface area (Å²) in [5, 5.41) is 9.10. The van der Waals surface area contributed by atoms with Gasteiger partial charge in [-0.25, -0.2) is 4.98 Å². The van der Waals surface area contributed by atoms with Gasteiger partial charge < -0.3 is 9.36 Å². The molecular formula is C30H45N3O2. The van der Waals surface area contributed by atoms with Crippen molar-refractivity contribution in [3.63, 3.8) is 0 Å². The first-order chi connectivity index (χ1) is 16.5. The predicted octanol–water partition coefficient (Wildman–Crippen LogP) is 8.19. The van der Waals surface area contributed by atoms with Crippen LogP contribution in [0.3, 0.4) is 0 Å². The molecule has 0 aliphatic heterocycles. The van der Waals surface area contributed by atoms with Gasteiger partial charge in [0.05, 0.1) is 17.8 Å². The van der Waals surface area contributed by atoms with Crippen LogP contribution in [-0.4, -0.2) is 21.1 Å². The number of aryl methyl sites for hydroxylation is 1. The molecule has 0 amide bonds. The molecule has 1 aromatic heterocycles. The molecule has 0 saturated heterocycles. The molecule has 0 atom stereocenters. The van der Waals surface area contributed by atoms with Crippen LogP contribution in [0.2, 0.25) is 0 Å². The number of hydrogen-bond acceptors (Lipinski definition) is 4. The number of rotatable bonds is 13. The number of nitriles is 1. The van der Waals surface area contributed by atoms with Crippen molar-refractivity contribution in [2.45, 2.75) is 100 Å². The third-order valence-corrected chi connectivity index (χ3v) is 5.74. The average Bonchev–Trinajstić information content (AvgIpc) is 3.14. The van der Waals surface area contributed by atoms with Gasteiger partial charge in [-0.3, -0.25) is 4.79 Å². The zero-order valence-electron chi connectivity index (χ0n) is 23.2. The van der Waals surface area contributed by atoms with Crippen molar-refractivity contribution >= 4 is 17.8 Å². The van der Waals surface area contributed by atoms with Crippen molar-refractivity contribution < 1.29 is 9.59 Å². The molecule has 35 heavy (non-hydrogen) atoms. The van der Waals surface area contributed by atoms with Gasteiger partial charge in [0.1, 0.15) is 17.3 Å². The van der Waals surface area contributed by atoms with Crippen molar-refractivity contribution in [3.8, 4) is 6.07 Å². The lowest BCUT2D eigenvalue weighted by Crippen LogP contribution is -2.03. The van der Waals surface area contributed by atoms with Crippen LogP contribution in [0.25, 0.3) is 6.20 Å². The Hall–Kier alpha value is -3.00. The summed E-state index contributed by atoms with van der Waals surface area (Å²) >= 11 is 0. The van der Waals surface area contributed by atoms with Crippen LogP contribution in [0.4, 0.5) is 0 Å². The third kappa shape index (κ3) is 12.3. The molecule has 0 fully saturated rings. The standard InChI is InChI=1S/C16H25N.C14H20N2O2/c1-6-9-15(10-7-2)14(8-3)11-16(12-17)13(4)5;1-10(6-5-7-11(2)17)9-16-13(4)15-8-14(16)12(3)18/h8,11,15H,3,6-7,9-10H2,1-2,4-5H3;8-9H,5-7H2,1-4H3/b14-11+;10-9+. The summed E-state index contributed by atoms with van der Waals surface area (Å²) in [4.78, 5) is 26.4. The van der Waals surface area contributed by atoms with Crippen molar-refractivity contribution in [1.29, 1.82) is 5.26 Å². The van der Waals surface area contributed by atoms with Gasteiger partial charge in [0.15, 0.2) is 5.78 Å². The molecule has 1 aromatic rings. The van der Waals surface area contributed by atoms with Crippen molar-refractivity contribution in [2.24, 2.45) is 5.92 Å². The van der Waals surface area contributed by atoms with Crippen LogP contribution in [0.1, 0.15) is 110 Å². The van der Waals surface area contributed by atoms with Crippen LogP contribution in [0.15, 0.2) is 47.2 Å². The van der Waals surface area contributed by atoms with Gasteiger partial charge in [-0.15, -0.1) is 0 Å². The van der Waals surface area contributed by atoms with Gasteiger partial charge in [-0.1, -0.05) is 50.5 Å². The van der Waals surface area contributed by atoms with Crippen LogP contribution < -0.4 is 0 Å². The topological polar surface area (TPSA) is 75.8 Å². The van der Waals surface area contributed by atoms with Crippen molar-refractivity contribution in [2.75, 3.05) is 0 Å². The summed E-state index contributed by atoms with van der Waals surface area (Å²) in [5.74, 6) is 1.56. The Labute approximate surface area is 213 Å². The molecule has 1 heterocycles. The van der Waals surface area contributed by atoms with Gasteiger partial charge in [-0.05, 0) is 77.9 Å². The first kappa shape index (κ1) is 32.0. The molecular weight excluding hydrogens is 434 g/mol. The normalized spacial score (nSPS) is 11.4. The maximum absolute atomic E-state index is 11.4. The second kappa shape index (κ2) is 17.4. The number of imidazole rings is 1. The maximum Gasteiger partial charge on any atom is 0.178 e. The van der Waals surface area contributed by atoms with E-state index in [1.54, 1.807) is 13.1 Å². The molecule has 0 spiro atoms. The first-order valence-corrected chi connectivity index (χ1v) is 12.6. The molecule has 0 radical (unpaired) electrons. The highest BCUT2D eigenvalue weighted by Crippen LogP contribution is 2.25. The van der Waals surface area contributed by atoms with Gasteiger partial charge in [0.25, 0.3) is 0 Å². The Morgan fingerprint density at radius 2 is 1.71 bits per heavy atom. The lowest BCUT2D eigenvalue weighted by molar-refractivity contribution is -0.117. The van der Waals surface area contributed by atoms with E-state index in [2.05, 4.69) is 31.5 Å². The highest BCUT2D eigenvalue weighted by Gasteiger charge is 2.11. The second-order valence-corrected chi connectivity index (χ2v) is 9.30. The van der Waals surface area contributed by atoms with E-state index < -0.39 is 0 Å². The van der Waals surface area contributed by atoms with Gasteiger partial charge >= 0.3 is 0 Å². The fraction of sp³-hybridized carbons (Fsp3) is 0.533. The Kier molecular flexibility index (Phi) is 15.9. The highest BCUT2D eigenvalue weighted by molar-refractivity contribution is 5.93. The van der Waals surface area contributed by atoms with Crippen LogP contribution in [0.5, 0.6) is 0 Å². The minimum atomic E-state index is 0.00314. The summed E-state index contributed by atoms with van der Waals surface area (Å²) in [6, 6.07) is 2.26. The summed E-state index contributed by atoms with van der Waals surface area (Å²) in [6.07, 6.45) is 14.5. The average molecular weight is 480 g/mol. The molecule has 0 saturated carbocycles. The van der Waals surface area contributed by atoms with Crippen molar-refractivity contribution in [1.82, 2.24) is 9.55 Å². The Bertz CT molecular complexity index is 974. The number of carbonyl (C=O) groups is 2. The first-order valence-electron chi connectivity index (χ1n) is 12.6. The molecule has 0 aromatic carbocycles. The third-order valence-electron chi connectivity index (χ3n) is 5.74. The van der Waals surface area contributed by atoms with Crippen molar-refractivity contribution in [3.05, 3.63) is 58.7 Å². The minimum absolute atomic E-state index is 0.00314. The maximum atomic E-state index is 11.4. The number of aromatic nitrogens is 2. The highest BCUT2D eigenvalue weighted by atomic mass is 16.1. The van der Waals surface area contributed by atoms with Crippen LogP contribution in [0, 0.1) is 24.2 Å². The molecule has 5 heteroatoms. The predicted molar refractivity (Wildman–Crippen MR) is 147 cm³/mol. The summed E-state index contributed by atoms with van der Waals surface area (Å²) in [5.41, 5.74) is 4.79. The zero-order valence-corrected chi connectivity index (χ0v) is 23.2. The molecule has 0 bridgehead atoms. The molecule has 0 aliphatic rings. The second-order valence-electron chi connectivity index (χ2n) is 9.30. The minimum Gasteiger partial charge on any atom is -0.301 e. The van der Waals surface area contributed by atoms with Crippen LogP contribution >= 0.6 is 0 Å². The fourth-order valence-corrected chi connectivity index (χ4v) is 3.75. The number of nitrogens with zero attached hydrogens (tertiary/aromatic N) is 3. The van der Waals surface area contributed by atoms with E-state index in [1.807, 2.05) is 50.6 Å². The fourth-order valence-electron chi connectivity index (χ4n) is 3.75. The lowest BCUT2D eigenvalue weighted by atomic mass is 9.88.